The lowest BCUT2D eigenvalue weighted by molar-refractivity contribution is -0.146. The smallest absolute Gasteiger partial charge is 0.307 e. The number of aliphatic carboxylic acids is 1. The molecule has 0 heterocycles. The van der Waals surface area contributed by atoms with Gasteiger partial charge in [0, 0.05) is 0 Å². The van der Waals surface area contributed by atoms with E-state index in [1.54, 1.807) is 18.2 Å². The Morgan fingerprint density at radius 1 is 1.09 bits per heavy atom. The van der Waals surface area contributed by atoms with E-state index in [-0.39, 0.29) is 23.3 Å². The number of rotatable bonds is 4. The maximum Gasteiger partial charge on any atom is 0.307 e. The molecule has 0 aromatic heterocycles. The molecule has 1 aromatic rings. The molecule has 1 aromatic carbocycles. The number of benzene rings is 1. The van der Waals surface area contributed by atoms with Gasteiger partial charge in [0.15, 0.2) is 0 Å². The number of primary amides is 1. The standard InChI is InChI=1S/C16H16N2O4/c17-14(19)10-3-1-2-4-11(10)18-15(20)12-8-5-6-9(7-8)13(12)16(21)22/h1-6,8-9,12-13H,7H2,(H2,17,19)(H,18,20)(H,21,22). The van der Waals surface area contributed by atoms with E-state index in [2.05, 4.69) is 5.32 Å². The molecule has 1 saturated carbocycles. The fraction of sp³-hybridized carbons (Fsp3) is 0.312. The number of amides is 2. The van der Waals surface area contributed by atoms with Crippen molar-refractivity contribution in [2.45, 2.75) is 6.42 Å². The number of carbonyl (C=O) groups excluding carboxylic acids is 2. The van der Waals surface area contributed by atoms with Crippen LogP contribution in [0.1, 0.15) is 16.8 Å². The first-order valence-corrected chi connectivity index (χ1v) is 7.10. The van der Waals surface area contributed by atoms with Crippen LogP contribution >= 0.6 is 0 Å². The number of allylic oxidation sites excluding steroid dienone is 2. The predicted molar refractivity (Wildman–Crippen MR) is 78.9 cm³/mol. The number of hydrogen-bond donors (Lipinski definition) is 3. The average Bonchev–Trinajstić information content (AvgIpc) is 3.08. The van der Waals surface area contributed by atoms with Crippen LogP contribution in [0.4, 0.5) is 5.69 Å². The maximum absolute atomic E-state index is 12.5. The Morgan fingerprint density at radius 2 is 1.73 bits per heavy atom. The SMILES string of the molecule is NC(=O)c1ccccc1NC(=O)C1C2C=CC(C2)C1C(=O)O. The van der Waals surface area contributed by atoms with Gasteiger partial charge in [-0.05, 0) is 30.4 Å². The molecular weight excluding hydrogens is 284 g/mol. The number of fused-ring (bicyclic) bond motifs is 2. The highest BCUT2D eigenvalue weighted by Crippen LogP contribution is 2.48. The Kier molecular flexibility index (Phi) is 3.44. The molecule has 2 bridgehead atoms. The maximum atomic E-state index is 12.5. The Labute approximate surface area is 127 Å². The molecule has 6 heteroatoms. The second kappa shape index (κ2) is 5.29. The third-order valence-corrected chi connectivity index (χ3v) is 4.50. The van der Waals surface area contributed by atoms with E-state index in [9.17, 15) is 19.5 Å². The van der Waals surface area contributed by atoms with Crippen LogP contribution in [0.25, 0.3) is 0 Å². The molecule has 2 aliphatic carbocycles. The quantitative estimate of drug-likeness (QED) is 0.727. The summed E-state index contributed by atoms with van der Waals surface area (Å²) in [6.07, 6.45) is 4.48. The second-order valence-corrected chi connectivity index (χ2v) is 5.74. The molecule has 4 atom stereocenters. The molecule has 3 rings (SSSR count). The number of para-hydroxylation sites is 1. The number of nitrogens with one attached hydrogen (secondary N) is 1. The Morgan fingerprint density at radius 3 is 2.36 bits per heavy atom. The zero-order valence-corrected chi connectivity index (χ0v) is 11.7. The van der Waals surface area contributed by atoms with Crippen molar-refractivity contribution in [2.75, 3.05) is 5.32 Å². The molecule has 2 aliphatic rings. The van der Waals surface area contributed by atoms with Gasteiger partial charge in [0.05, 0.1) is 23.1 Å². The Bertz CT molecular complexity index is 682. The van der Waals surface area contributed by atoms with E-state index >= 15 is 0 Å². The van der Waals surface area contributed by atoms with Crippen LogP contribution in [0, 0.1) is 23.7 Å². The number of hydrogen-bond acceptors (Lipinski definition) is 3. The van der Waals surface area contributed by atoms with Gasteiger partial charge in [0.2, 0.25) is 5.91 Å². The van der Waals surface area contributed by atoms with Gasteiger partial charge in [-0.25, -0.2) is 0 Å². The van der Waals surface area contributed by atoms with Gasteiger partial charge in [0.25, 0.3) is 5.91 Å². The van der Waals surface area contributed by atoms with Crippen molar-refractivity contribution in [3.05, 3.63) is 42.0 Å². The summed E-state index contributed by atoms with van der Waals surface area (Å²) in [5.74, 6) is -3.46. The first kappa shape index (κ1) is 14.3. The average molecular weight is 300 g/mol. The summed E-state index contributed by atoms with van der Waals surface area (Å²) in [6.45, 7) is 0. The molecule has 6 nitrogen and oxygen atoms in total. The van der Waals surface area contributed by atoms with Crippen LogP contribution in [0.3, 0.4) is 0 Å². The third-order valence-electron chi connectivity index (χ3n) is 4.50. The van der Waals surface area contributed by atoms with Gasteiger partial charge in [-0.15, -0.1) is 0 Å². The highest BCUT2D eigenvalue weighted by molar-refractivity contribution is 6.04. The minimum absolute atomic E-state index is 0.0631. The van der Waals surface area contributed by atoms with Gasteiger partial charge in [-0.3, -0.25) is 14.4 Å². The molecule has 114 valence electrons. The second-order valence-electron chi connectivity index (χ2n) is 5.74. The highest BCUT2D eigenvalue weighted by atomic mass is 16.4. The third kappa shape index (κ3) is 2.26. The first-order valence-electron chi connectivity index (χ1n) is 7.10. The highest BCUT2D eigenvalue weighted by Gasteiger charge is 2.51. The largest absolute Gasteiger partial charge is 0.481 e. The topological polar surface area (TPSA) is 109 Å². The summed E-state index contributed by atoms with van der Waals surface area (Å²) >= 11 is 0. The van der Waals surface area contributed by atoms with Crippen molar-refractivity contribution >= 4 is 23.5 Å². The van der Waals surface area contributed by atoms with Crippen molar-refractivity contribution < 1.29 is 19.5 Å². The summed E-state index contributed by atoms with van der Waals surface area (Å²) < 4.78 is 0. The van der Waals surface area contributed by atoms with Crippen molar-refractivity contribution in [1.82, 2.24) is 0 Å². The molecule has 2 amide bonds. The first-order chi connectivity index (χ1) is 10.5. The van der Waals surface area contributed by atoms with Crippen LogP contribution in [-0.2, 0) is 9.59 Å². The van der Waals surface area contributed by atoms with Gasteiger partial charge in [0.1, 0.15) is 0 Å². The Balaban J connectivity index is 1.85. The molecule has 0 aliphatic heterocycles. The molecule has 4 unspecified atom stereocenters. The normalized spacial score (nSPS) is 28.5. The van der Waals surface area contributed by atoms with Crippen molar-refractivity contribution in [3.63, 3.8) is 0 Å². The zero-order valence-electron chi connectivity index (χ0n) is 11.7. The molecule has 0 saturated heterocycles. The lowest BCUT2D eigenvalue weighted by Gasteiger charge is -2.24. The van der Waals surface area contributed by atoms with Crippen molar-refractivity contribution in [2.24, 2.45) is 29.4 Å². The van der Waals surface area contributed by atoms with Crippen LogP contribution < -0.4 is 11.1 Å². The van der Waals surface area contributed by atoms with Crippen LogP contribution in [0.5, 0.6) is 0 Å². The van der Waals surface area contributed by atoms with E-state index in [1.165, 1.54) is 6.07 Å². The zero-order chi connectivity index (χ0) is 15.9. The minimum Gasteiger partial charge on any atom is -0.481 e. The van der Waals surface area contributed by atoms with Crippen LogP contribution in [-0.4, -0.2) is 22.9 Å². The molecule has 1 fully saturated rings. The summed E-state index contributed by atoms with van der Waals surface area (Å²) in [6, 6.07) is 6.43. The predicted octanol–water partition coefficient (Wildman–Crippen LogP) is 1.25. The summed E-state index contributed by atoms with van der Waals surface area (Å²) in [5.41, 5.74) is 5.81. The van der Waals surface area contributed by atoms with Gasteiger partial charge < -0.3 is 16.2 Å². The summed E-state index contributed by atoms with van der Waals surface area (Å²) in [5, 5.41) is 12.0. The van der Waals surface area contributed by atoms with Gasteiger partial charge in [-0.2, -0.15) is 0 Å². The Hall–Kier alpha value is -2.63. The fourth-order valence-corrected chi connectivity index (χ4v) is 3.54. The van der Waals surface area contributed by atoms with Crippen molar-refractivity contribution in [1.29, 1.82) is 0 Å². The van der Waals surface area contributed by atoms with E-state index < -0.39 is 23.7 Å². The molecule has 0 spiro atoms. The van der Waals surface area contributed by atoms with Crippen LogP contribution in [0.15, 0.2) is 36.4 Å². The lowest BCUT2D eigenvalue weighted by Crippen LogP contribution is -2.36. The van der Waals surface area contributed by atoms with E-state index in [1.807, 2.05) is 12.2 Å². The van der Waals surface area contributed by atoms with E-state index in [4.69, 9.17) is 5.73 Å². The van der Waals surface area contributed by atoms with E-state index in [0.29, 0.717) is 12.1 Å². The van der Waals surface area contributed by atoms with Crippen molar-refractivity contribution in [3.8, 4) is 0 Å². The number of anilines is 1. The number of carbonyl (C=O) groups is 3. The number of carboxylic acids is 1. The number of nitrogens with two attached hydrogens (primary N) is 1. The summed E-state index contributed by atoms with van der Waals surface area (Å²) in [4.78, 5) is 35.4. The van der Waals surface area contributed by atoms with Crippen LogP contribution in [0.2, 0.25) is 0 Å². The molecule has 0 radical (unpaired) electrons. The fourth-order valence-electron chi connectivity index (χ4n) is 3.54. The summed E-state index contributed by atoms with van der Waals surface area (Å²) in [7, 11) is 0. The molecule has 22 heavy (non-hydrogen) atoms. The monoisotopic (exact) mass is 300 g/mol. The minimum atomic E-state index is -0.958. The molecule has 4 N–H and O–H groups in total. The molecular formula is C16H16N2O4. The number of carboxylic acid groups (broad SMARTS) is 1. The van der Waals surface area contributed by atoms with Gasteiger partial charge >= 0.3 is 5.97 Å². The van der Waals surface area contributed by atoms with Gasteiger partial charge in [-0.1, -0.05) is 24.3 Å². The van der Waals surface area contributed by atoms with E-state index in [0.717, 1.165) is 0 Å². The lowest BCUT2D eigenvalue weighted by atomic mass is 9.82.